The van der Waals surface area contributed by atoms with Crippen LogP contribution in [0, 0.1) is 0 Å². The fourth-order valence-electron chi connectivity index (χ4n) is 1.01. The molecule has 1 aromatic rings. The van der Waals surface area contributed by atoms with Crippen molar-refractivity contribution in [2.75, 3.05) is 6.61 Å². The molecule has 0 fully saturated rings. The maximum atomic E-state index is 8.60. The van der Waals surface area contributed by atoms with Gasteiger partial charge in [-0.3, -0.25) is 0 Å². The zero-order valence-electron chi connectivity index (χ0n) is 7.07. The van der Waals surface area contributed by atoms with Crippen molar-refractivity contribution in [3.8, 4) is 0 Å². The van der Waals surface area contributed by atoms with Crippen LogP contribution in [0.5, 0.6) is 0 Å². The second-order valence-electron chi connectivity index (χ2n) is 2.61. The summed E-state index contributed by atoms with van der Waals surface area (Å²) in [5.41, 5.74) is 5.84. The van der Waals surface area contributed by atoms with Gasteiger partial charge in [-0.2, -0.15) is 0 Å². The van der Waals surface area contributed by atoms with Crippen molar-refractivity contribution in [1.29, 1.82) is 0 Å². The van der Waals surface area contributed by atoms with Gasteiger partial charge >= 0.3 is 0 Å². The number of hydrogen-bond donors (Lipinski definition) is 2. The van der Waals surface area contributed by atoms with Crippen molar-refractivity contribution in [3.05, 3.63) is 21.3 Å². The van der Waals surface area contributed by atoms with Crippen LogP contribution in [0.3, 0.4) is 0 Å². The second kappa shape index (κ2) is 6.62. The lowest BCUT2D eigenvalue weighted by atomic mass is 10.1. The number of halogens is 2. The van der Waals surface area contributed by atoms with E-state index in [1.165, 1.54) is 0 Å². The molecule has 13 heavy (non-hydrogen) atoms. The number of thiophene rings is 1. The van der Waals surface area contributed by atoms with Crippen LogP contribution >= 0.6 is 35.3 Å². The first-order valence-electron chi connectivity index (χ1n) is 3.85. The topological polar surface area (TPSA) is 46.2 Å². The minimum atomic E-state index is -0.0235. The Bertz CT molecular complexity index is 242. The third kappa shape index (κ3) is 3.83. The van der Waals surface area contributed by atoms with E-state index in [1.54, 1.807) is 11.3 Å². The molecule has 0 bridgehead atoms. The molecule has 0 saturated carbocycles. The van der Waals surface area contributed by atoms with Crippen LogP contribution in [0.1, 0.15) is 23.8 Å². The van der Waals surface area contributed by atoms with Crippen molar-refractivity contribution in [3.63, 3.8) is 0 Å². The Labute approximate surface area is 93.1 Å². The first kappa shape index (κ1) is 13.2. The molecule has 1 heterocycles. The lowest BCUT2D eigenvalue weighted by molar-refractivity contribution is 0.280. The van der Waals surface area contributed by atoms with Crippen molar-refractivity contribution >= 4 is 35.3 Å². The minimum absolute atomic E-state index is 0. The van der Waals surface area contributed by atoms with Crippen molar-refractivity contribution in [2.45, 2.75) is 18.9 Å². The van der Waals surface area contributed by atoms with Gasteiger partial charge in [-0.1, -0.05) is 11.6 Å². The van der Waals surface area contributed by atoms with E-state index in [4.69, 9.17) is 22.4 Å². The van der Waals surface area contributed by atoms with Gasteiger partial charge in [0, 0.05) is 17.5 Å². The highest BCUT2D eigenvalue weighted by molar-refractivity contribution is 7.10. The van der Waals surface area contributed by atoms with Crippen LogP contribution < -0.4 is 5.73 Å². The maximum Gasteiger partial charge on any atom is 0.0561 e. The Morgan fingerprint density at radius 3 is 2.77 bits per heavy atom. The second-order valence-corrected chi connectivity index (χ2v) is 3.96. The summed E-state index contributed by atoms with van der Waals surface area (Å²) in [6.07, 6.45) is 1.52. The van der Waals surface area contributed by atoms with Gasteiger partial charge < -0.3 is 10.8 Å². The smallest absolute Gasteiger partial charge is 0.0561 e. The van der Waals surface area contributed by atoms with E-state index >= 15 is 0 Å². The third-order valence-corrected chi connectivity index (χ3v) is 3.15. The van der Waals surface area contributed by atoms with Gasteiger partial charge in [0.15, 0.2) is 0 Å². The van der Waals surface area contributed by atoms with E-state index in [2.05, 4.69) is 0 Å². The predicted molar refractivity (Wildman–Crippen MR) is 59.8 cm³/mol. The van der Waals surface area contributed by atoms with Crippen molar-refractivity contribution in [1.82, 2.24) is 0 Å². The minimum Gasteiger partial charge on any atom is -0.396 e. The Kier molecular flexibility index (Phi) is 6.73. The highest BCUT2D eigenvalue weighted by atomic mass is 35.5. The largest absolute Gasteiger partial charge is 0.396 e. The Morgan fingerprint density at radius 2 is 2.31 bits per heavy atom. The molecule has 0 radical (unpaired) electrons. The number of rotatable bonds is 4. The molecule has 1 rings (SSSR count). The summed E-state index contributed by atoms with van der Waals surface area (Å²) < 4.78 is 0. The molecule has 0 aliphatic carbocycles. The van der Waals surface area contributed by atoms with Gasteiger partial charge in [0.25, 0.3) is 0 Å². The molecule has 76 valence electrons. The van der Waals surface area contributed by atoms with Crippen LogP contribution in [0.25, 0.3) is 0 Å². The molecule has 2 nitrogen and oxygen atoms in total. The van der Waals surface area contributed by atoms with Crippen LogP contribution in [0.15, 0.2) is 11.4 Å². The van der Waals surface area contributed by atoms with E-state index in [-0.39, 0.29) is 25.1 Å². The molecule has 0 unspecified atom stereocenters. The first-order valence-corrected chi connectivity index (χ1v) is 5.10. The van der Waals surface area contributed by atoms with Gasteiger partial charge in [-0.15, -0.1) is 23.7 Å². The predicted octanol–water partition coefficient (Wildman–Crippen LogP) is 2.60. The number of aliphatic hydroxyl groups is 1. The van der Waals surface area contributed by atoms with Crippen molar-refractivity contribution in [2.24, 2.45) is 5.73 Å². The molecule has 1 atom stereocenters. The Morgan fingerprint density at radius 1 is 1.62 bits per heavy atom. The normalized spacial score (nSPS) is 12.2. The fraction of sp³-hybridized carbons (Fsp3) is 0.500. The van der Waals surface area contributed by atoms with Gasteiger partial charge in [-0.05, 0) is 24.3 Å². The average Bonchev–Trinajstić information content (AvgIpc) is 2.47. The zero-order valence-corrected chi connectivity index (χ0v) is 9.46. The van der Waals surface area contributed by atoms with Gasteiger partial charge in [0.2, 0.25) is 0 Å². The summed E-state index contributed by atoms with van der Waals surface area (Å²) in [5, 5.41) is 11.3. The summed E-state index contributed by atoms with van der Waals surface area (Å²) >= 11 is 7.45. The molecule has 0 aromatic carbocycles. The van der Waals surface area contributed by atoms with E-state index < -0.39 is 0 Å². The fourth-order valence-corrected chi connectivity index (χ4v) is 2.25. The molecule has 0 spiro atoms. The Hall–Kier alpha value is 0.200. The van der Waals surface area contributed by atoms with E-state index in [0.717, 1.165) is 22.7 Å². The number of hydrogen-bond acceptors (Lipinski definition) is 3. The van der Waals surface area contributed by atoms with Crippen LogP contribution in [-0.4, -0.2) is 11.7 Å². The quantitative estimate of drug-likeness (QED) is 0.852. The number of aliphatic hydroxyl groups excluding tert-OH is 1. The van der Waals surface area contributed by atoms with Crippen LogP contribution in [-0.2, 0) is 0 Å². The number of nitrogens with two attached hydrogens (primary N) is 1. The third-order valence-electron chi connectivity index (χ3n) is 1.65. The monoisotopic (exact) mass is 241 g/mol. The van der Waals surface area contributed by atoms with Crippen LogP contribution in [0.2, 0.25) is 5.02 Å². The van der Waals surface area contributed by atoms with E-state index in [0.29, 0.717) is 0 Å². The lowest BCUT2D eigenvalue weighted by Gasteiger charge is -2.08. The molecule has 1 aromatic heterocycles. The summed E-state index contributed by atoms with van der Waals surface area (Å²) in [6, 6.07) is 1.82. The molecular weight excluding hydrogens is 229 g/mol. The zero-order chi connectivity index (χ0) is 8.97. The first-order chi connectivity index (χ1) is 5.75. The Balaban J connectivity index is 0.00000144. The molecule has 0 saturated heterocycles. The van der Waals surface area contributed by atoms with E-state index in [1.807, 2.05) is 11.4 Å². The SMILES string of the molecule is Cl.N[C@H](CCCO)c1sccc1Cl. The van der Waals surface area contributed by atoms with Gasteiger partial charge in [0.1, 0.15) is 0 Å². The molecular formula is C8H13Cl2NOS. The molecule has 0 aliphatic heterocycles. The molecule has 0 aliphatic rings. The summed E-state index contributed by atoms with van der Waals surface area (Å²) in [5.74, 6) is 0. The standard InChI is InChI=1S/C8H12ClNOS.ClH/c9-6-3-5-12-8(6)7(10)2-1-4-11;/h3,5,7,11H,1-2,4,10H2;1H/t7-;/m1./s1. The maximum absolute atomic E-state index is 8.60. The summed E-state index contributed by atoms with van der Waals surface area (Å²) in [7, 11) is 0. The lowest BCUT2D eigenvalue weighted by Crippen LogP contribution is -2.09. The van der Waals surface area contributed by atoms with Crippen LogP contribution in [0.4, 0.5) is 0 Å². The summed E-state index contributed by atoms with van der Waals surface area (Å²) in [6.45, 7) is 0.191. The van der Waals surface area contributed by atoms with Gasteiger partial charge in [0.05, 0.1) is 5.02 Å². The highest BCUT2D eigenvalue weighted by Crippen LogP contribution is 2.29. The average molecular weight is 242 g/mol. The van der Waals surface area contributed by atoms with Gasteiger partial charge in [-0.25, -0.2) is 0 Å². The molecule has 3 N–H and O–H groups in total. The molecule has 0 amide bonds. The van der Waals surface area contributed by atoms with E-state index in [9.17, 15) is 0 Å². The highest BCUT2D eigenvalue weighted by Gasteiger charge is 2.10. The summed E-state index contributed by atoms with van der Waals surface area (Å²) in [4.78, 5) is 1.02. The molecule has 5 heteroatoms. The van der Waals surface area contributed by atoms with Crippen molar-refractivity contribution < 1.29 is 5.11 Å².